The smallest absolute Gasteiger partial charge is 0.269 e. The van der Waals surface area contributed by atoms with Crippen molar-refractivity contribution in [1.29, 1.82) is 0 Å². The van der Waals surface area contributed by atoms with Gasteiger partial charge in [0.25, 0.3) is 5.91 Å². The molecule has 140 valence electrons. The Bertz CT molecular complexity index is 847. The standard InChI is InChI=1S/C20H21N3O4/c1-13-3-7-16(8-4-13)23-12-15(11-18(23)24)20(26)22-21-19(25)14-5-9-17(27-2)10-6-14/h3-10,15H,11-12H2,1-2H3,(H,21,25)(H,22,26)/t15-/m1/s1. The van der Waals surface area contributed by atoms with E-state index >= 15 is 0 Å². The van der Waals surface area contributed by atoms with Crippen LogP contribution in [0.25, 0.3) is 0 Å². The van der Waals surface area contributed by atoms with Gasteiger partial charge in [-0.3, -0.25) is 25.2 Å². The minimum absolute atomic E-state index is 0.109. The van der Waals surface area contributed by atoms with Gasteiger partial charge in [-0.2, -0.15) is 0 Å². The Morgan fingerprint density at radius 1 is 1.04 bits per heavy atom. The summed E-state index contributed by atoms with van der Waals surface area (Å²) in [4.78, 5) is 38.3. The van der Waals surface area contributed by atoms with E-state index in [1.54, 1.807) is 29.2 Å². The van der Waals surface area contributed by atoms with Gasteiger partial charge in [0.05, 0.1) is 13.0 Å². The number of hydrazine groups is 1. The van der Waals surface area contributed by atoms with E-state index in [4.69, 9.17) is 4.74 Å². The molecule has 1 saturated heterocycles. The molecule has 3 rings (SSSR count). The highest BCUT2D eigenvalue weighted by atomic mass is 16.5. The first-order chi connectivity index (χ1) is 13.0. The second kappa shape index (κ2) is 7.90. The van der Waals surface area contributed by atoms with E-state index in [0.717, 1.165) is 11.3 Å². The fourth-order valence-corrected chi connectivity index (χ4v) is 2.89. The molecule has 1 heterocycles. The van der Waals surface area contributed by atoms with Gasteiger partial charge >= 0.3 is 0 Å². The third-order valence-corrected chi connectivity index (χ3v) is 4.49. The lowest BCUT2D eigenvalue weighted by molar-refractivity contribution is -0.126. The van der Waals surface area contributed by atoms with E-state index in [1.165, 1.54) is 7.11 Å². The van der Waals surface area contributed by atoms with Crippen LogP contribution in [0.4, 0.5) is 5.69 Å². The molecule has 2 aromatic carbocycles. The highest BCUT2D eigenvalue weighted by Crippen LogP contribution is 2.25. The van der Waals surface area contributed by atoms with E-state index in [9.17, 15) is 14.4 Å². The summed E-state index contributed by atoms with van der Waals surface area (Å²) in [5.74, 6) is -0.822. The summed E-state index contributed by atoms with van der Waals surface area (Å²) >= 11 is 0. The number of nitrogens with zero attached hydrogens (tertiary/aromatic N) is 1. The van der Waals surface area contributed by atoms with Crippen LogP contribution in [-0.2, 0) is 9.59 Å². The quantitative estimate of drug-likeness (QED) is 0.807. The summed E-state index contributed by atoms with van der Waals surface area (Å²) < 4.78 is 5.04. The molecule has 2 aromatic rings. The fourth-order valence-electron chi connectivity index (χ4n) is 2.89. The van der Waals surface area contributed by atoms with E-state index in [0.29, 0.717) is 11.3 Å². The predicted octanol–water partition coefficient (Wildman–Crippen LogP) is 1.82. The number of ether oxygens (including phenoxy) is 1. The summed E-state index contributed by atoms with van der Waals surface area (Å²) in [7, 11) is 1.54. The lowest BCUT2D eigenvalue weighted by Gasteiger charge is -2.17. The Morgan fingerprint density at radius 3 is 2.33 bits per heavy atom. The molecule has 0 bridgehead atoms. The summed E-state index contributed by atoms with van der Waals surface area (Å²) in [5, 5.41) is 0. The summed E-state index contributed by atoms with van der Waals surface area (Å²) in [6.07, 6.45) is 0.109. The van der Waals surface area contributed by atoms with Gasteiger partial charge in [0.1, 0.15) is 5.75 Å². The van der Waals surface area contributed by atoms with Gasteiger partial charge in [0.15, 0.2) is 0 Å². The number of benzene rings is 2. The molecule has 27 heavy (non-hydrogen) atoms. The molecule has 7 nitrogen and oxygen atoms in total. The third-order valence-electron chi connectivity index (χ3n) is 4.49. The fraction of sp³-hybridized carbons (Fsp3) is 0.250. The van der Waals surface area contributed by atoms with Crippen molar-refractivity contribution < 1.29 is 19.1 Å². The molecular weight excluding hydrogens is 346 g/mol. The summed E-state index contributed by atoms with van der Waals surface area (Å²) in [6.45, 7) is 2.25. The molecule has 1 aliphatic rings. The number of anilines is 1. The number of carbonyl (C=O) groups excluding carboxylic acids is 3. The Labute approximate surface area is 157 Å². The molecule has 3 amide bonds. The average molecular weight is 367 g/mol. The second-order valence-corrected chi connectivity index (χ2v) is 6.41. The van der Waals surface area contributed by atoms with Crippen LogP contribution in [-0.4, -0.2) is 31.4 Å². The Balaban J connectivity index is 1.55. The zero-order valence-corrected chi connectivity index (χ0v) is 15.2. The van der Waals surface area contributed by atoms with Crippen LogP contribution in [0.1, 0.15) is 22.3 Å². The van der Waals surface area contributed by atoms with Gasteiger partial charge in [-0.1, -0.05) is 17.7 Å². The van der Waals surface area contributed by atoms with Crippen LogP contribution < -0.4 is 20.5 Å². The van der Waals surface area contributed by atoms with Crippen molar-refractivity contribution in [3.8, 4) is 5.75 Å². The number of nitrogens with one attached hydrogen (secondary N) is 2. The number of methoxy groups -OCH3 is 1. The monoisotopic (exact) mass is 367 g/mol. The van der Waals surface area contributed by atoms with E-state index in [2.05, 4.69) is 10.9 Å². The number of carbonyl (C=O) groups is 3. The first-order valence-corrected chi connectivity index (χ1v) is 8.59. The van der Waals surface area contributed by atoms with Crippen molar-refractivity contribution in [3.05, 3.63) is 59.7 Å². The van der Waals surface area contributed by atoms with Crippen molar-refractivity contribution in [2.45, 2.75) is 13.3 Å². The van der Waals surface area contributed by atoms with E-state index < -0.39 is 11.8 Å². The molecule has 1 fully saturated rings. The van der Waals surface area contributed by atoms with Crippen LogP contribution in [0.5, 0.6) is 5.75 Å². The zero-order valence-electron chi connectivity index (χ0n) is 15.2. The van der Waals surface area contributed by atoms with Crippen LogP contribution in [0.15, 0.2) is 48.5 Å². The van der Waals surface area contributed by atoms with E-state index in [-0.39, 0.29) is 24.8 Å². The van der Waals surface area contributed by atoms with Crippen LogP contribution in [0.3, 0.4) is 0 Å². The maximum atomic E-state index is 12.3. The normalized spacial score (nSPS) is 16.1. The van der Waals surface area contributed by atoms with Crippen LogP contribution >= 0.6 is 0 Å². The number of hydrogen-bond acceptors (Lipinski definition) is 4. The van der Waals surface area contributed by atoms with Gasteiger partial charge < -0.3 is 9.64 Å². The maximum Gasteiger partial charge on any atom is 0.269 e. The highest BCUT2D eigenvalue weighted by molar-refractivity contribution is 6.01. The SMILES string of the molecule is COc1ccc(C(=O)NNC(=O)[C@@H]2CC(=O)N(c3ccc(C)cc3)C2)cc1. The number of hydrogen-bond donors (Lipinski definition) is 2. The predicted molar refractivity (Wildman–Crippen MR) is 100 cm³/mol. The van der Waals surface area contributed by atoms with Gasteiger partial charge in [-0.15, -0.1) is 0 Å². The van der Waals surface area contributed by atoms with Crippen molar-refractivity contribution >= 4 is 23.4 Å². The maximum absolute atomic E-state index is 12.3. The second-order valence-electron chi connectivity index (χ2n) is 6.41. The van der Waals surface area contributed by atoms with Crippen molar-refractivity contribution in [3.63, 3.8) is 0 Å². The molecule has 0 spiro atoms. The lowest BCUT2D eigenvalue weighted by atomic mass is 10.1. The number of rotatable bonds is 4. The van der Waals surface area contributed by atoms with E-state index in [1.807, 2.05) is 31.2 Å². The van der Waals surface area contributed by atoms with Gasteiger partial charge in [0.2, 0.25) is 11.8 Å². The largest absolute Gasteiger partial charge is 0.497 e. The molecule has 1 atom stereocenters. The molecule has 1 aliphatic heterocycles. The topological polar surface area (TPSA) is 87.7 Å². The molecule has 7 heteroatoms. The minimum Gasteiger partial charge on any atom is -0.497 e. The first kappa shape index (κ1) is 18.4. The van der Waals surface area contributed by atoms with Crippen molar-refractivity contribution in [1.82, 2.24) is 10.9 Å². The number of aryl methyl sites for hydroxylation is 1. The Kier molecular flexibility index (Phi) is 5.40. The van der Waals surface area contributed by atoms with Gasteiger partial charge in [0, 0.05) is 24.2 Å². The third kappa shape index (κ3) is 4.25. The lowest BCUT2D eigenvalue weighted by Crippen LogP contribution is -2.45. The van der Waals surface area contributed by atoms with Crippen molar-refractivity contribution in [2.75, 3.05) is 18.6 Å². The average Bonchev–Trinajstić information content (AvgIpc) is 3.08. The Hall–Kier alpha value is -3.35. The first-order valence-electron chi connectivity index (χ1n) is 8.59. The van der Waals surface area contributed by atoms with Crippen LogP contribution in [0, 0.1) is 12.8 Å². The Morgan fingerprint density at radius 2 is 1.70 bits per heavy atom. The zero-order chi connectivity index (χ0) is 19.4. The van der Waals surface area contributed by atoms with Gasteiger partial charge in [-0.05, 0) is 43.3 Å². The summed E-state index contributed by atoms with van der Waals surface area (Å²) in [6, 6.07) is 14.1. The molecule has 0 aliphatic carbocycles. The van der Waals surface area contributed by atoms with Gasteiger partial charge in [-0.25, -0.2) is 0 Å². The number of amides is 3. The van der Waals surface area contributed by atoms with Crippen molar-refractivity contribution in [2.24, 2.45) is 5.92 Å². The summed E-state index contributed by atoms with van der Waals surface area (Å²) in [5.41, 5.74) is 7.04. The molecular formula is C20H21N3O4. The molecule has 0 aromatic heterocycles. The molecule has 0 radical (unpaired) electrons. The molecule has 2 N–H and O–H groups in total. The van der Waals surface area contributed by atoms with Crippen LogP contribution in [0.2, 0.25) is 0 Å². The molecule has 0 saturated carbocycles. The minimum atomic E-state index is -0.519. The molecule has 0 unspecified atom stereocenters. The highest BCUT2D eigenvalue weighted by Gasteiger charge is 2.35.